The Morgan fingerprint density at radius 3 is 2.85 bits per heavy atom. The molecule has 2 unspecified atom stereocenters. The van der Waals surface area contributed by atoms with E-state index in [9.17, 15) is 9.18 Å². The van der Waals surface area contributed by atoms with E-state index in [4.69, 9.17) is 5.73 Å². The monoisotopic (exact) mass is 364 g/mol. The van der Waals surface area contributed by atoms with E-state index in [0.717, 1.165) is 19.4 Å². The third-order valence-corrected chi connectivity index (χ3v) is 4.26. The molecule has 0 aliphatic carbocycles. The Labute approximate surface area is 133 Å². The summed E-state index contributed by atoms with van der Waals surface area (Å²) in [6.45, 7) is 3.41. The van der Waals surface area contributed by atoms with Crippen LogP contribution in [0.25, 0.3) is 0 Å². The largest absolute Gasteiger partial charge is 0.338 e. The van der Waals surface area contributed by atoms with Crippen molar-refractivity contribution >= 4 is 34.2 Å². The molecule has 20 heavy (non-hydrogen) atoms. The highest BCUT2D eigenvalue weighted by atomic mass is 79.9. The number of rotatable bonds is 2. The molecular weight excluding hydrogens is 347 g/mol. The number of benzene rings is 1. The molecule has 1 aliphatic heterocycles. The zero-order valence-corrected chi connectivity index (χ0v) is 13.7. The minimum absolute atomic E-state index is 0. The zero-order chi connectivity index (χ0) is 14.0. The quantitative estimate of drug-likeness (QED) is 0.875. The molecule has 1 aliphatic rings. The molecule has 0 spiro atoms. The molecule has 1 saturated heterocycles. The van der Waals surface area contributed by atoms with Crippen LogP contribution in [0, 0.1) is 11.7 Å². The molecule has 1 heterocycles. The number of carbonyl (C=O) groups is 1. The van der Waals surface area contributed by atoms with Crippen LogP contribution in [-0.2, 0) is 0 Å². The lowest BCUT2D eigenvalue weighted by atomic mass is 9.92. The van der Waals surface area contributed by atoms with Crippen molar-refractivity contribution in [3.05, 3.63) is 34.1 Å². The molecule has 2 rings (SSSR count). The standard InChI is InChI=1S/C14H18BrFN2O.ClH/c1-9(17)11-3-2-6-18(8-11)14(19)10-4-5-13(16)12(15)7-10;/h4-5,7,9,11H,2-3,6,8,17H2,1H3;1H. The number of likely N-dealkylation sites (tertiary alicyclic amines) is 1. The van der Waals surface area contributed by atoms with Crippen molar-refractivity contribution in [2.24, 2.45) is 11.7 Å². The van der Waals surface area contributed by atoms with Crippen molar-refractivity contribution in [3.8, 4) is 0 Å². The summed E-state index contributed by atoms with van der Waals surface area (Å²) < 4.78 is 13.5. The van der Waals surface area contributed by atoms with Crippen LogP contribution >= 0.6 is 28.3 Å². The summed E-state index contributed by atoms with van der Waals surface area (Å²) in [5, 5.41) is 0. The average molecular weight is 366 g/mol. The lowest BCUT2D eigenvalue weighted by Gasteiger charge is -2.34. The maximum absolute atomic E-state index is 13.2. The summed E-state index contributed by atoms with van der Waals surface area (Å²) in [6.07, 6.45) is 2.04. The molecule has 2 N–H and O–H groups in total. The summed E-state index contributed by atoms with van der Waals surface area (Å²) in [5.41, 5.74) is 6.43. The highest BCUT2D eigenvalue weighted by Crippen LogP contribution is 2.22. The number of piperidine rings is 1. The lowest BCUT2D eigenvalue weighted by molar-refractivity contribution is 0.0661. The first-order valence-corrected chi connectivity index (χ1v) is 7.28. The van der Waals surface area contributed by atoms with Crippen molar-refractivity contribution in [2.75, 3.05) is 13.1 Å². The molecule has 6 heteroatoms. The van der Waals surface area contributed by atoms with Crippen LogP contribution in [0.4, 0.5) is 4.39 Å². The lowest BCUT2D eigenvalue weighted by Crippen LogP contribution is -2.45. The molecule has 1 aromatic rings. The van der Waals surface area contributed by atoms with E-state index in [1.807, 2.05) is 11.8 Å². The van der Waals surface area contributed by atoms with Crippen molar-refractivity contribution in [1.82, 2.24) is 4.90 Å². The van der Waals surface area contributed by atoms with Gasteiger partial charge < -0.3 is 10.6 Å². The zero-order valence-electron chi connectivity index (χ0n) is 11.3. The van der Waals surface area contributed by atoms with Crippen LogP contribution in [0.2, 0.25) is 0 Å². The van der Waals surface area contributed by atoms with Gasteiger partial charge in [0.2, 0.25) is 0 Å². The van der Waals surface area contributed by atoms with Gasteiger partial charge in [-0.25, -0.2) is 4.39 Å². The van der Waals surface area contributed by atoms with E-state index in [1.54, 1.807) is 0 Å². The van der Waals surface area contributed by atoms with Crippen LogP contribution in [0.1, 0.15) is 30.1 Å². The second-order valence-electron chi connectivity index (χ2n) is 5.14. The highest BCUT2D eigenvalue weighted by Gasteiger charge is 2.26. The highest BCUT2D eigenvalue weighted by molar-refractivity contribution is 9.10. The van der Waals surface area contributed by atoms with Gasteiger partial charge in [-0.1, -0.05) is 0 Å². The Bertz CT molecular complexity index is 484. The Hall–Kier alpha value is -0.650. The normalized spacial score (nSPS) is 20.2. The number of nitrogens with two attached hydrogens (primary N) is 1. The number of amides is 1. The van der Waals surface area contributed by atoms with Crippen molar-refractivity contribution in [1.29, 1.82) is 0 Å². The summed E-state index contributed by atoms with van der Waals surface area (Å²) in [4.78, 5) is 14.2. The molecule has 0 saturated carbocycles. The van der Waals surface area contributed by atoms with Crippen LogP contribution in [0.5, 0.6) is 0 Å². The van der Waals surface area contributed by atoms with Crippen molar-refractivity contribution < 1.29 is 9.18 Å². The summed E-state index contributed by atoms with van der Waals surface area (Å²) in [7, 11) is 0. The van der Waals surface area contributed by atoms with Crippen molar-refractivity contribution in [2.45, 2.75) is 25.8 Å². The number of halogens is 3. The Kier molecular flexibility index (Phi) is 6.43. The van der Waals surface area contributed by atoms with E-state index >= 15 is 0 Å². The Morgan fingerprint density at radius 1 is 1.55 bits per heavy atom. The van der Waals surface area contributed by atoms with Crippen molar-refractivity contribution in [3.63, 3.8) is 0 Å². The van der Waals surface area contributed by atoms with Gasteiger partial charge in [0.25, 0.3) is 5.91 Å². The summed E-state index contributed by atoms with van der Waals surface area (Å²) in [6, 6.07) is 4.46. The van der Waals surface area contributed by atoms with E-state index in [1.165, 1.54) is 18.2 Å². The smallest absolute Gasteiger partial charge is 0.253 e. The number of carbonyl (C=O) groups excluding carboxylic acids is 1. The maximum Gasteiger partial charge on any atom is 0.253 e. The molecule has 0 radical (unpaired) electrons. The summed E-state index contributed by atoms with van der Waals surface area (Å²) >= 11 is 3.11. The van der Waals surface area contributed by atoms with Gasteiger partial charge in [-0.15, -0.1) is 12.4 Å². The molecule has 112 valence electrons. The predicted molar refractivity (Wildman–Crippen MR) is 83.6 cm³/mol. The van der Waals surface area contributed by atoms with Gasteiger partial charge in [-0.05, 0) is 59.8 Å². The first kappa shape index (κ1) is 17.4. The second kappa shape index (κ2) is 7.38. The summed E-state index contributed by atoms with van der Waals surface area (Å²) in [5.74, 6) is -0.0590. The predicted octanol–water partition coefficient (Wildman–Crippen LogP) is 3.21. The van der Waals surface area contributed by atoms with Gasteiger partial charge >= 0.3 is 0 Å². The fraction of sp³-hybridized carbons (Fsp3) is 0.500. The average Bonchev–Trinajstić information content (AvgIpc) is 2.41. The van der Waals surface area contributed by atoms with Gasteiger partial charge in [0.05, 0.1) is 4.47 Å². The minimum Gasteiger partial charge on any atom is -0.338 e. The van der Waals surface area contributed by atoms with Crippen LogP contribution in [-0.4, -0.2) is 29.9 Å². The molecule has 1 fully saturated rings. The third kappa shape index (κ3) is 3.93. The third-order valence-electron chi connectivity index (χ3n) is 3.66. The fourth-order valence-corrected chi connectivity index (χ4v) is 2.81. The SMILES string of the molecule is CC(N)C1CCCN(C(=O)c2ccc(F)c(Br)c2)C1.Cl. The second-order valence-corrected chi connectivity index (χ2v) is 6.00. The number of hydrogen-bond donors (Lipinski definition) is 1. The molecule has 0 aromatic heterocycles. The molecule has 3 nitrogen and oxygen atoms in total. The van der Waals surface area contributed by atoms with Crippen LogP contribution < -0.4 is 5.73 Å². The number of hydrogen-bond acceptors (Lipinski definition) is 2. The van der Waals surface area contributed by atoms with E-state index in [2.05, 4.69) is 15.9 Å². The molecule has 1 aromatic carbocycles. The van der Waals surface area contributed by atoms with Gasteiger partial charge in [-0.2, -0.15) is 0 Å². The molecule has 2 atom stereocenters. The minimum atomic E-state index is -0.358. The molecule has 0 bridgehead atoms. The molecular formula is C14H19BrClFN2O. The van der Waals surface area contributed by atoms with Gasteiger partial charge in [0.1, 0.15) is 5.82 Å². The maximum atomic E-state index is 13.2. The van der Waals surface area contributed by atoms with Gasteiger partial charge in [0, 0.05) is 24.7 Å². The van der Waals surface area contributed by atoms with E-state index in [-0.39, 0.29) is 30.2 Å². The van der Waals surface area contributed by atoms with Gasteiger partial charge in [0.15, 0.2) is 0 Å². The van der Waals surface area contributed by atoms with Crippen LogP contribution in [0.3, 0.4) is 0 Å². The Balaban J connectivity index is 0.00000200. The number of nitrogens with zero attached hydrogens (tertiary/aromatic N) is 1. The van der Waals surface area contributed by atoms with Crippen LogP contribution in [0.15, 0.2) is 22.7 Å². The fourth-order valence-electron chi connectivity index (χ4n) is 2.44. The topological polar surface area (TPSA) is 46.3 Å². The van der Waals surface area contributed by atoms with Gasteiger partial charge in [-0.3, -0.25) is 4.79 Å². The Morgan fingerprint density at radius 2 is 2.25 bits per heavy atom. The molecule has 1 amide bonds. The van der Waals surface area contributed by atoms with E-state index < -0.39 is 0 Å². The first-order valence-electron chi connectivity index (χ1n) is 6.49. The first-order chi connectivity index (χ1) is 8.99. The van der Waals surface area contributed by atoms with E-state index in [0.29, 0.717) is 22.5 Å².